The highest BCUT2D eigenvalue weighted by molar-refractivity contribution is 5.55. The Morgan fingerprint density at radius 1 is 0.568 bits per heavy atom. The van der Waals surface area contributed by atoms with Gasteiger partial charge in [0.15, 0.2) is 0 Å². The fourth-order valence-electron chi connectivity index (χ4n) is 5.47. The number of unbranched alkanes of at least 4 members (excludes halogenated alkanes) is 3. The van der Waals surface area contributed by atoms with E-state index in [1.807, 2.05) is 22.2 Å². The monoisotopic (exact) mass is 618 g/mol. The van der Waals surface area contributed by atoms with Crippen LogP contribution in [0, 0.1) is 0 Å². The zero-order chi connectivity index (χ0) is 30.9. The molecule has 0 N–H and O–H groups in total. The van der Waals surface area contributed by atoms with Gasteiger partial charge < -0.3 is 9.80 Å². The van der Waals surface area contributed by atoms with E-state index in [0.717, 1.165) is 98.6 Å². The van der Waals surface area contributed by atoms with Crippen molar-refractivity contribution in [1.82, 2.24) is 30.0 Å². The summed E-state index contributed by atoms with van der Waals surface area (Å²) in [6.07, 6.45) is 0.983. The van der Waals surface area contributed by atoms with Crippen LogP contribution < -0.4 is 9.80 Å². The first-order chi connectivity index (χ1) is 21.0. The molecule has 0 bridgehead atoms. The molecule has 0 saturated carbocycles. The van der Waals surface area contributed by atoms with Crippen LogP contribution in [-0.4, -0.2) is 55.2 Å². The van der Waals surface area contributed by atoms with Gasteiger partial charge in [-0.15, -0.1) is 10.2 Å². The molecule has 2 atom stereocenters. The minimum absolute atomic E-state index is 0.196. The standard InChI is InChI=1S/C30H32F6N8/c31-29(32,33)21-7-11-25(12-8-21)43-19-27(43)17-41-15-23(37-39-41)5-3-1-2-4-6-24-16-42(40-38-24)18-28-20-44(28)26-13-9-22(10-14-26)30(34,35)36/h7-16,27-28H,1-6,17-20H2. The predicted octanol–water partition coefficient (Wildman–Crippen LogP) is 6.03. The molecule has 6 rings (SSSR count). The van der Waals surface area contributed by atoms with E-state index < -0.39 is 23.5 Å². The van der Waals surface area contributed by atoms with Gasteiger partial charge in [-0.1, -0.05) is 23.3 Å². The molecule has 8 nitrogen and oxygen atoms in total. The fourth-order valence-corrected chi connectivity index (χ4v) is 5.47. The molecule has 2 aliphatic rings. The number of aryl methyl sites for hydroxylation is 2. The van der Waals surface area contributed by atoms with Crippen molar-refractivity contribution >= 4 is 11.4 Å². The molecule has 234 valence electrons. The minimum atomic E-state index is -4.33. The van der Waals surface area contributed by atoms with Gasteiger partial charge >= 0.3 is 12.4 Å². The topological polar surface area (TPSA) is 67.4 Å². The zero-order valence-electron chi connectivity index (χ0n) is 23.8. The Balaban J connectivity index is 0.845. The number of nitrogens with zero attached hydrogens (tertiary/aromatic N) is 8. The van der Waals surface area contributed by atoms with Gasteiger partial charge in [-0.2, -0.15) is 26.3 Å². The lowest BCUT2D eigenvalue weighted by Crippen LogP contribution is -2.10. The van der Waals surface area contributed by atoms with Crippen LogP contribution in [0.3, 0.4) is 0 Å². The number of alkyl halides is 6. The summed E-state index contributed by atoms with van der Waals surface area (Å²) >= 11 is 0. The highest BCUT2D eigenvalue weighted by atomic mass is 19.4. The molecule has 4 aromatic rings. The minimum Gasteiger partial charge on any atom is -0.363 e. The van der Waals surface area contributed by atoms with Crippen LogP contribution in [0.4, 0.5) is 37.7 Å². The van der Waals surface area contributed by atoms with E-state index >= 15 is 0 Å². The number of hydrogen-bond donors (Lipinski definition) is 0. The van der Waals surface area contributed by atoms with Gasteiger partial charge in [-0.3, -0.25) is 9.36 Å². The largest absolute Gasteiger partial charge is 0.416 e. The van der Waals surface area contributed by atoms with Gasteiger partial charge in [-0.25, -0.2) is 0 Å². The summed E-state index contributed by atoms with van der Waals surface area (Å²) in [6.45, 7) is 2.83. The Morgan fingerprint density at radius 3 is 1.32 bits per heavy atom. The van der Waals surface area contributed by atoms with Crippen LogP contribution in [0.1, 0.15) is 48.2 Å². The highest BCUT2D eigenvalue weighted by Crippen LogP contribution is 2.35. The molecular weight excluding hydrogens is 586 g/mol. The second kappa shape index (κ2) is 12.1. The number of hydrogen-bond acceptors (Lipinski definition) is 6. The molecule has 0 amide bonds. The smallest absolute Gasteiger partial charge is 0.363 e. The van der Waals surface area contributed by atoms with Crippen molar-refractivity contribution in [2.24, 2.45) is 0 Å². The fraction of sp³-hybridized carbons (Fsp3) is 0.467. The van der Waals surface area contributed by atoms with Crippen LogP contribution in [0.5, 0.6) is 0 Å². The van der Waals surface area contributed by atoms with Crippen molar-refractivity contribution in [3.63, 3.8) is 0 Å². The lowest BCUT2D eigenvalue weighted by Gasteiger charge is -2.09. The molecule has 2 aromatic heterocycles. The molecule has 0 spiro atoms. The van der Waals surface area contributed by atoms with E-state index in [1.165, 1.54) is 24.3 Å². The molecule has 4 heterocycles. The van der Waals surface area contributed by atoms with Crippen molar-refractivity contribution in [2.45, 2.75) is 76.1 Å². The summed E-state index contributed by atoms with van der Waals surface area (Å²) in [5.74, 6) is 0. The average Bonchev–Trinajstić information content (AvgIpc) is 3.82. The summed E-state index contributed by atoms with van der Waals surface area (Å²) < 4.78 is 80.3. The molecule has 0 aliphatic carbocycles. The van der Waals surface area contributed by atoms with Crippen molar-refractivity contribution in [2.75, 3.05) is 22.9 Å². The summed E-state index contributed by atoms with van der Waals surface area (Å²) in [6, 6.07) is 10.9. The number of benzene rings is 2. The molecule has 2 saturated heterocycles. The Labute approximate surface area is 250 Å². The maximum absolute atomic E-state index is 12.8. The van der Waals surface area contributed by atoms with Crippen LogP contribution in [0.25, 0.3) is 0 Å². The molecule has 44 heavy (non-hydrogen) atoms. The van der Waals surface area contributed by atoms with E-state index in [1.54, 1.807) is 9.36 Å². The van der Waals surface area contributed by atoms with Crippen LogP contribution in [-0.2, 0) is 38.3 Å². The third-order valence-corrected chi connectivity index (χ3v) is 8.07. The van der Waals surface area contributed by atoms with Crippen molar-refractivity contribution < 1.29 is 26.3 Å². The van der Waals surface area contributed by atoms with Crippen LogP contribution >= 0.6 is 0 Å². The maximum Gasteiger partial charge on any atom is 0.416 e. The second-order valence-corrected chi connectivity index (χ2v) is 11.5. The predicted molar refractivity (Wildman–Crippen MR) is 151 cm³/mol. The van der Waals surface area contributed by atoms with Gasteiger partial charge in [0.05, 0.1) is 47.7 Å². The molecule has 0 radical (unpaired) electrons. The zero-order valence-corrected chi connectivity index (χ0v) is 23.8. The van der Waals surface area contributed by atoms with Crippen molar-refractivity contribution in [1.29, 1.82) is 0 Å². The molecule has 14 heteroatoms. The molecule has 2 aliphatic heterocycles. The van der Waals surface area contributed by atoms with E-state index in [9.17, 15) is 26.3 Å². The Kier molecular flexibility index (Phi) is 8.25. The molecule has 2 fully saturated rings. The first-order valence-electron chi connectivity index (χ1n) is 14.7. The van der Waals surface area contributed by atoms with E-state index in [2.05, 4.69) is 20.6 Å². The van der Waals surface area contributed by atoms with Gasteiger partial charge in [0.1, 0.15) is 0 Å². The Morgan fingerprint density at radius 2 is 0.955 bits per heavy atom. The van der Waals surface area contributed by atoms with Crippen LogP contribution in [0.2, 0.25) is 0 Å². The summed E-state index contributed by atoms with van der Waals surface area (Å²) in [7, 11) is 0. The van der Waals surface area contributed by atoms with E-state index in [0.29, 0.717) is 13.1 Å². The number of rotatable bonds is 13. The van der Waals surface area contributed by atoms with Gasteiger partial charge in [0.2, 0.25) is 0 Å². The first kappa shape index (κ1) is 29.9. The lowest BCUT2D eigenvalue weighted by atomic mass is 10.1. The summed E-state index contributed by atoms with van der Waals surface area (Å²) in [4.78, 5) is 4.09. The quantitative estimate of drug-likeness (QED) is 0.104. The lowest BCUT2D eigenvalue weighted by molar-refractivity contribution is -0.138. The highest BCUT2D eigenvalue weighted by Gasteiger charge is 2.37. The number of aromatic nitrogens is 6. The molecule has 2 aromatic carbocycles. The molecule has 2 unspecified atom stereocenters. The second-order valence-electron chi connectivity index (χ2n) is 11.5. The summed E-state index contributed by atoms with van der Waals surface area (Å²) in [5.41, 5.74) is 2.12. The number of halogens is 6. The third kappa shape index (κ3) is 7.51. The van der Waals surface area contributed by atoms with E-state index in [-0.39, 0.29) is 12.1 Å². The molecular formula is C30H32F6N8. The van der Waals surface area contributed by atoms with Crippen molar-refractivity contribution in [3.05, 3.63) is 83.4 Å². The Bertz CT molecular complexity index is 1410. The normalized spacial score (nSPS) is 18.2. The number of anilines is 2. The SMILES string of the molecule is FC(F)(F)c1ccc(N2CC2Cn2cc(CCCCCCc3cn(CC4CN4c4ccc(C(F)(F)F)cc4)nn3)nn2)cc1. The van der Waals surface area contributed by atoms with Gasteiger partial charge in [0.25, 0.3) is 0 Å². The first-order valence-corrected chi connectivity index (χ1v) is 14.7. The third-order valence-electron chi connectivity index (χ3n) is 8.07. The van der Waals surface area contributed by atoms with Crippen LogP contribution in [0.15, 0.2) is 60.9 Å². The van der Waals surface area contributed by atoms with E-state index in [4.69, 9.17) is 0 Å². The maximum atomic E-state index is 12.8. The summed E-state index contributed by atoms with van der Waals surface area (Å²) in [5, 5.41) is 17.0. The van der Waals surface area contributed by atoms with Crippen molar-refractivity contribution in [3.8, 4) is 0 Å². The Hall–Kier alpha value is -4.10. The average molecular weight is 619 g/mol. The van der Waals surface area contributed by atoms with Gasteiger partial charge in [-0.05, 0) is 74.2 Å². The van der Waals surface area contributed by atoms with Gasteiger partial charge in [0, 0.05) is 36.9 Å².